The Morgan fingerprint density at radius 3 is 2.67 bits per heavy atom. The number of likely N-dealkylation sites (tertiary alicyclic amines) is 1. The van der Waals surface area contributed by atoms with E-state index in [1.165, 1.54) is 32.4 Å². The van der Waals surface area contributed by atoms with E-state index in [-0.39, 0.29) is 5.91 Å². The van der Waals surface area contributed by atoms with Crippen LogP contribution >= 0.6 is 0 Å². The second-order valence-electron chi connectivity index (χ2n) is 5.47. The van der Waals surface area contributed by atoms with Gasteiger partial charge in [-0.15, -0.1) is 0 Å². The van der Waals surface area contributed by atoms with Crippen molar-refractivity contribution in [2.45, 2.75) is 45.4 Å². The molecule has 4 heteroatoms. The Hall–Kier alpha value is -0.610. The van der Waals surface area contributed by atoms with Crippen molar-refractivity contribution in [1.82, 2.24) is 10.2 Å². The zero-order chi connectivity index (χ0) is 13.2. The lowest BCUT2D eigenvalue weighted by Crippen LogP contribution is -2.37. The lowest BCUT2D eigenvalue weighted by atomic mass is 10.0. The van der Waals surface area contributed by atoms with E-state index in [0.717, 1.165) is 32.5 Å². The van der Waals surface area contributed by atoms with Crippen LogP contribution in [0.1, 0.15) is 45.4 Å². The average molecular weight is 255 g/mol. The smallest absolute Gasteiger partial charge is 0.220 e. The predicted molar refractivity (Wildman–Crippen MR) is 75.4 cm³/mol. The fourth-order valence-corrected chi connectivity index (χ4v) is 2.43. The SMILES string of the molecule is CC(CCN)CCC(=O)NCCN1CCCCC1. The van der Waals surface area contributed by atoms with E-state index in [2.05, 4.69) is 17.1 Å². The molecule has 0 aromatic carbocycles. The number of nitrogens with one attached hydrogen (secondary N) is 1. The summed E-state index contributed by atoms with van der Waals surface area (Å²) in [4.78, 5) is 14.1. The van der Waals surface area contributed by atoms with Crippen LogP contribution in [0.2, 0.25) is 0 Å². The van der Waals surface area contributed by atoms with Crippen molar-refractivity contribution in [3.63, 3.8) is 0 Å². The van der Waals surface area contributed by atoms with Gasteiger partial charge in [-0.05, 0) is 51.2 Å². The van der Waals surface area contributed by atoms with E-state index in [4.69, 9.17) is 5.73 Å². The first kappa shape index (κ1) is 15.4. The van der Waals surface area contributed by atoms with Crippen molar-refractivity contribution in [3.05, 3.63) is 0 Å². The number of hydrogen-bond donors (Lipinski definition) is 2. The highest BCUT2D eigenvalue weighted by molar-refractivity contribution is 5.75. The van der Waals surface area contributed by atoms with Gasteiger partial charge >= 0.3 is 0 Å². The van der Waals surface area contributed by atoms with Crippen LogP contribution in [-0.2, 0) is 4.79 Å². The Labute approximate surface area is 111 Å². The van der Waals surface area contributed by atoms with Gasteiger partial charge in [0, 0.05) is 19.5 Å². The minimum Gasteiger partial charge on any atom is -0.355 e. The zero-order valence-electron chi connectivity index (χ0n) is 11.8. The molecule has 3 N–H and O–H groups in total. The molecule has 1 heterocycles. The molecule has 1 fully saturated rings. The Bertz CT molecular complexity index is 227. The fourth-order valence-electron chi connectivity index (χ4n) is 2.43. The summed E-state index contributed by atoms with van der Waals surface area (Å²) in [6.07, 6.45) is 6.59. The molecule has 1 aliphatic heterocycles. The Balaban J connectivity index is 1.99. The van der Waals surface area contributed by atoms with Gasteiger partial charge in [-0.2, -0.15) is 0 Å². The molecule has 1 saturated heterocycles. The Morgan fingerprint density at radius 1 is 1.28 bits per heavy atom. The van der Waals surface area contributed by atoms with Gasteiger partial charge in [0.1, 0.15) is 0 Å². The van der Waals surface area contributed by atoms with Gasteiger partial charge in [0.05, 0.1) is 0 Å². The van der Waals surface area contributed by atoms with E-state index in [9.17, 15) is 4.79 Å². The predicted octanol–water partition coefficient (Wildman–Crippen LogP) is 1.35. The lowest BCUT2D eigenvalue weighted by molar-refractivity contribution is -0.121. The number of rotatable bonds is 8. The molecule has 1 unspecified atom stereocenters. The monoisotopic (exact) mass is 255 g/mol. The highest BCUT2D eigenvalue weighted by Crippen LogP contribution is 2.09. The molecule has 0 saturated carbocycles. The maximum Gasteiger partial charge on any atom is 0.220 e. The summed E-state index contributed by atoms with van der Waals surface area (Å²) in [6.45, 7) is 7.08. The van der Waals surface area contributed by atoms with Crippen molar-refractivity contribution < 1.29 is 4.79 Å². The Morgan fingerprint density at radius 2 is 2.00 bits per heavy atom. The number of carbonyl (C=O) groups excluding carboxylic acids is 1. The topological polar surface area (TPSA) is 58.4 Å². The Kier molecular flexibility index (Phi) is 8.01. The third-order valence-corrected chi connectivity index (χ3v) is 3.72. The van der Waals surface area contributed by atoms with Crippen molar-refractivity contribution in [2.75, 3.05) is 32.7 Å². The third-order valence-electron chi connectivity index (χ3n) is 3.72. The van der Waals surface area contributed by atoms with Crippen molar-refractivity contribution in [3.8, 4) is 0 Å². The summed E-state index contributed by atoms with van der Waals surface area (Å²) in [7, 11) is 0. The molecule has 0 spiro atoms. The number of carbonyl (C=O) groups is 1. The molecule has 0 aliphatic carbocycles. The minimum atomic E-state index is 0.191. The standard InChI is InChI=1S/C14H29N3O/c1-13(7-8-15)5-6-14(18)16-9-12-17-10-3-2-4-11-17/h13H,2-12,15H2,1H3,(H,16,18). The highest BCUT2D eigenvalue weighted by atomic mass is 16.1. The first-order valence-electron chi connectivity index (χ1n) is 7.41. The number of nitrogens with zero attached hydrogens (tertiary/aromatic N) is 1. The van der Waals surface area contributed by atoms with Crippen molar-refractivity contribution in [1.29, 1.82) is 0 Å². The minimum absolute atomic E-state index is 0.191. The molecule has 4 nitrogen and oxygen atoms in total. The second kappa shape index (κ2) is 9.34. The molecular formula is C14H29N3O. The average Bonchev–Trinajstić information content (AvgIpc) is 2.38. The summed E-state index contributed by atoms with van der Waals surface area (Å²) in [6, 6.07) is 0. The van der Waals surface area contributed by atoms with Crippen LogP contribution < -0.4 is 11.1 Å². The van der Waals surface area contributed by atoms with Crippen LogP contribution in [0.3, 0.4) is 0 Å². The maximum atomic E-state index is 11.6. The molecule has 1 atom stereocenters. The highest BCUT2D eigenvalue weighted by Gasteiger charge is 2.10. The van der Waals surface area contributed by atoms with Gasteiger partial charge < -0.3 is 16.0 Å². The molecule has 106 valence electrons. The molecule has 1 rings (SSSR count). The first-order chi connectivity index (χ1) is 8.72. The van der Waals surface area contributed by atoms with Crippen molar-refractivity contribution >= 4 is 5.91 Å². The molecular weight excluding hydrogens is 226 g/mol. The largest absolute Gasteiger partial charge is 0.355 e. The summed E-state index contributed by atoms with van der Waals surface area (Å²) in [5.74, 6) is 0.749. The van der Waals surface area contributed by atoms with Gasteiger partial charge in [-0.25, -0.2) is 0 Å². The second-order valence-corrected chi connectivity index (χ2v) is 5.47. The van der Waals surface area contributed by atoms with E-state index in [1.807, 2.05) is 0 Å². The van der Waals surface area contributed by atoms with Gasteiger partial charge in [-0.3, -0.25) is 4.79 Å². The maximum absolute atomic E-state index is 11.6. The summed E-state index contributed by atoms with van der Waals surface area (Å²) in [5, 5.41) is 3.02. The molecule has 0 radical (unpaired) electrons. The van der Waals surface area contributed by atoms with Gasteiger partial charge in [0.15, 0.2) is 0 Å². The molecule has 0 bridgehead atoms. The number of nitrogens with two attached hydrogens (primary N) is 1. The van der Waals surface area contributed by atoms with E-state index in [0.29, 0.717) is 12.3 Å². The van der Waals surface area contributed by atoms with Gasteiger partial charge in [0.25, 0.3) is 0 Å². The molecule has 18 heavy (non-hydrogen) atoms. The van der Waals surface area contributed by atoms with Crippen LogP contribution in [0.25, 0.3) is 0 Å². The van der Waals surface area contributed by atoms with E-state index in [1.54, 1.807) is 0 Å². The molecule has 1 aliphatic rings. The van der Waals surface area contributed by atoms with Crippen LogP contribution in [0.4, 0.5) is 0 Å². The van der Waals surface area contributed by atoms with Crippen molar-refractivity contribution in [2.24, 2.45) is 11.7 Å². The lowest BCUT2D eigenvalue weighted by Gasteiger charge is -2.26. The van der Waals surface area contributed by atoms with E-state index >= 15 is 0 Å². The number of amides is 1. The normalized spacial score (nSPS) is 18.6. The fraction of sp³-hybridized carbons (Fsp3) is 0.929. The van der Waals surface area contributed by atoms with Crippen LogP contribution in [-0.4, -0.2) is 43.5 Å². The first-order valence-corrected chi connectivity index (χ1v) is 7.41. The summed E-state index contributed by atoms with van der Waals surface area (Å²) < 4.78 is 0. The summed E-state index contributed by atoms with van der Waals surface area (Å²) in [5.41, 5.74) is 5.49. The number of hydrogen-bond acceptors (Lipinski definition) is 3. The van der Waals surface area contributed by atoms with Crippen LogP contribution in [0.15, 0.2) is 0 Å². The molecule has 0 aromatic heterocycles. The molecule has 1 amide bonds. The molecule has 0 aromatic rings. The zero-order valence-corrected chi connectivity index (χ0v) is 11.8. The summed E-state index contributed by atoms with van der Waals surface area (Å²) >= 11 is 0. The van der Waals surface area contributed by atoms with Crippen LogP contribution in [0, 0.1) is 5.92 Å². The quantitative estimate of drug-likeness (QED) is 0.688. The van der Waals surface area contributed by atoms with Gasteiger partial charge in [-0.1, -0.05) is 13.3 Å². The number of piperidine rings is 1. The van der Waals surface area contributed by atoms with Gasteiger partial charge in [0.2, 0.25) is 5.91 Å². The van der Waals surface area contributed by atoms with Crippen LogP contribution in [0.5, 0.6) is 0 Å². The van der Waals surface area contributed by atoms with E-state index < -0.39 is 0 Å². The third kappa shape index (κ3) is 6.97.